The molecule has 254 valence electrons. The van der Waals surface area contributed by atoms with Crippen molar-refractivity contribution in [1.29, 1.82) is 0 Å². The number of benzene rings is 4. The number of fused-ring (bicyclic) bond motifs is 2. The van der Waals surface area contributed by atoms with Crippen LogP contribution >= 0.6 is 22.7 Å². The average molecular weight is 699 g/mol. The van der Waals surface area contributed by atoms with E-state index in [9.17, 15) is 0 Å². The molecule has 4 aromatic carbocycles. The second kappa shape index (κ2) is 12.7. The lowest BCUT2D eigenvalue weighted by molar-refractivity contribution is 0.175. The molecule has 0 bridgehead atoms. The first-order valence-corrected chi connectivity index (χ1v) is 19.0. The molecule has 0 N–H and O–H groups in total. The number of hydrogen-bond acceptors (Lipinski definition) is 6. The first-order valence-electron chi connectivity index (χ1n) is 17.3. The standard InChI is InChI=1S/C44H42O4S2/c1-43(2,3)33-19-15-31(16-20-33)41-37-35(45-23-25-47-37)39(49-41)29-11-7-27(8-12-29)28-9-13-30(14-10-28)40-36-38(48-26-24-46-36)42(50-40)32-17-21-34(22-18-32)44(4,5)6/h7-22H,23-26H2,1-6H3. The van der Waals surface area contributed by atoms with Gasteiger partial charge in [0.25, 0.3) is 0 Å². The maximum absolute atomic E-state index is 6.21. The molecule has 0 saturated carbocycles. The van der Waals surface area contributed by atoms with Crippen molar-refractivity contribution in [2.45, 2.75) is 52.4 Å². The van der Waals surface area contributed by atoms with Gasteiger partial charge < -0.3 is 18.9 Å². The Hall–Kier alpha value is -4.52. The van der Waals surface area contributed by atoms with Crippen LogP contribution in [0.4, 0.5) is 0 Å². The molecule has 0 unspecified atom stereocenters. The summed E-state index contributed by atoms with van der Waals surface area (Å²) in [6.45, 7) is 15.7. The van der Waals surface area contributed by atoms with E-state index in [4.69, 9.17) is 18.9 Å². The fourth-order valence-electron chi connectivity index (χ4n) is 6.53. The van der Waals surface area contributed by atoms with Gasteiger partial charge in [-0.2, -0.15) is 0 Å². The van der Waals surface area contributed by atoms with Crippen molar-refractivity contribution in [3.05, 3.63) is 108 Å². The molecule has 8 rings (SSSR count). The van der Waals surface area contributed by atoms with E-state index in [1.54, 1.807) is 22.7 Å². The summed E-state index contributed by atoms with van der Waals surface area (Å²) in [7, 11) is 0. The highest BCUT2D eigenvalue weighted by Crippen LogP contribution is 2.55. The summed E-state index contributed by atoms with van der Waals surface area (Å²) in [6.07, 6.45) is 0. The van der Waals surface area contributed by atoms with Gasteiger partial charge in [0.2, 0.25) is 0 Å². The Bertz CT molecular complexity index is 1980. The fraction of sp³-hybridized carbons (Fsp3) is 0.273. The first kappa shape index (κ1) is 32.7. The van der Waals surface area contributed by atoms with Crippen molar-refractivity contribution >= 4 is 22.7 Å². The molecule has 6 aromatic rings. The van der Waals surface area contributed by atoms with Crippen LogP contribution in [0.1, 0.15) is 52.7 Å². The Morgan fingerprint density at radius 3 is 0.800 bits per heavy atom. The van der Waals surface area contributed by atoms with Crippen LogP contribution in [0.15, 0.2) is 97.1 Å². The first-order chi connectivity index (χ1) is 24.0. The monoisotopic (exact) mass is 698 g/mol. The van der Waals surface area contributed by atoms with Crippen molar-refractivity contribution in [2.75, 3.05) is 26.4 Å². The van der Waals surface area contributed by atoms with E-state index < -0.39 is 0 Å². The van der Waals surface area contributed by atoms with Gasteiger partial charge in [-0.15, -0.1) is 22.7 Å². The van der Waals surface area contributed by atoms with Gasteiger partial charge in [-0.1, -0.05) is 139 Å². The molecule has 2 aliphatic heterocycles. The highest BCUT2D eigenvalue weighted by Gasteiger charge is 2.28. The van der Waals surface area contributed by atoms with Crippen LogP contribution in [0, 0.1) is 0 Å². The number of hydrogen-bond donors (Lipinski definition) is 0. The third-order valence-electron chi connectivity index (χ3n) is 9.45. The Morgan fingerprint density at radius 2 is 0.560 bits per heavy atom. The Kier molecular flexibility index (Phi) is 8.28. The Morgan fingerprint density at radius 1 is 0.340 bits per heavy atom. The molecule has 2 aromatic heterocycles. The van der Waals surface area contributed by atoms with Crippen LogP contribution in [-0.4, -0.2) is 26.4 Å². The Labute approximate surface area is 303 Å². The molecular weight excluding hydrogens is 657 g/mol. The highest BCUT2D eigenvalue weighted by molar-refractivity contribution is 7.20. The minimum Gasteiger partial charge on any atom is -0.485 e. The van der Waals surface area contributed by atoms with Gasteiger partial charge in [-0.05, 0) is 55.3 Å². The lowest BCUT2D eigenvalue weighted by Crippen LogP contribution is -2.14. The molecule has 0 radical (unpaired) electrons. The van der Waals surface area contributed by atoms with Crippen molar-refractivity contribution in [3.8, 4) is 75.9 Å². The molecule has 0 spiro atoms. The number of rotatable bonds is 5. The van der Waals surface area contributed by atoms with Gasteiger partial charge >= 0.3 is 0 Å². The third-order valence-corrected chi connectivity index (χ3v) is 12.0. The summed E-state index contributed by atoms with van der Waals surface area (Å²) in [5, 5.41) is 0. The fourth-order valence-corrected chi connectivity index (χ4v) is 8.93. The van der Waals surface area contributed by atoms with Crippen molar-refractivity contribution in [3.63, 3.8) is 0 Å². The normalized spacial score (nSPS) is 14.1. The lowest BCUT2D eigenvalue weighted by atomic mass is 9.86. The molecule has 2 aliphatic rings. The molecule has 6 heteroatoms. The summed E-state index contributed by atoms with van der Waals surface area (Å²) < 4.78 is 24.8. The summed E-state index contributed by atoms with van der Waals surface area (Å²) >= 11 is 3.48. The lowest BCUT2D eigenvalue weighted by Gasteiger charge is -2.20. The third kappa shape index (κ3) is 6.09. The van der Waals surface area contributed by atoms with Crippen molar-refractivity contribution in [1.82, 2.24) is 0 Å². The van der Waals surface area contributed by atoms with E-state index in [0.717, 1.165) is 75.9 Å². The van der Waals surface area contributed by atoms with E-state index in [1.807, 2.05) is 0 Å². The predicted octanol–water partition coefficient (Wildman–Crippen LogP) is 12.3. The molecule has 4 nitrogen and oxygen atoms in total. The van der Waals surface area contributed by atoms with Crippen molar-refractivity contribution < 1.29 is 18.9 Å². The largest absolute Gasteiger partial charge is 0.485 e. The van der Waals surface area contributed by atoms with Gasteiger partial charge in [-0.25, -0.2) is 0 Å². The van der Waals surface area contributed by atoms with Gasteiger partial charge in [0.05, 0.1) is 19.5 Å². The zero-order chi connectivity index (χ0) is 34.6. The zero-order valence-corrected chi connectivity index (χ0v) is 31.1. The SMILES string of the molecule is CC(C)(C)c1ccc(-c2sc(-c3ccc(-c4ccc(-c5sc(-c6ccc(C(C)(C)C)cc6)c6c5OCCO6)cc4)cc3)c3c2OCCO3)cc1. The second-order valence-electron chi connectivity index (χ2n) is 15.0. The van der Waals surface area contributed by atoms with Crippen LogP contribution < -0.4 is 18.9 Å². The van der Waals surface area contributed by atoms with Crippen LogP contribution in [0.2, 0.25) is 0 Å². The number of ether oxygens (including phenoxy) is 4. The smallest absolute Gasteiger partial charge is 0.180 e. The molecule has 0 aliphatic carbocycles. The van der Waals surface area contributed by atoms with Crippen LogP contribution in [0.3, 0.4) is 0 Å². The van der Waals surface area contributed by atoms with Crippen LogP contribution in [-0.2, 0) is 10.8 Å². The molecule has 50 heavy (non-hydrogen) atoms. The minimum atomic E-state index is 0.107. The second-order valence-corrected chi connectivity index (χ2v) is 17.1. The molecular formula is C44H42O4S2. The zero-order valence-electron chi connectivity index (χ0n) is 29.5. The predicted molar refractivity (Wildman–Crippen MR) is 209 cm³/mol. The van der Waals surface area contributed by atoms with E-state index in [0.29, 0.717) is 26.4 Å². The van der Waals surface area contributed by atoms with Crippen LogP contribution in [0.25, 0.3) is 52.9 Å². The summed E-state index contributed by atoms with van der Waals surface area (Å²) in [6, 6.07) is 35.3. The maximum atomic E-state index is 6.21. The summed E-state index contributed by atoms with van der Waals surface area (Å²) in [4.78, 5) is 4.44. The summed E-state index contributed by atoms with van der Waals surface area (Å²) in [5.74, 6) is 3.41. The maximum Gasteiger partial charge on any atom is 0.180 e. The van der Waals surface area contributed by atoms with E-state index >= 15 is 0 Å². The average Bonchev–Trinajstić information content (AvgIpc) is 3.71. The quantitative estimate of drug-likeness (QED) is 0.180. The summed E-state index contributed by atoms with van der Waals surface area (Å²) in [5.41, 5.74) is 9.73. The van der Waals surface area contributed by atoms with Gasteiger partial charge in [0, 0.05) is 0 Å². The van der Waals surface area contributed by atoms with Gasteiger partial charge in [0.15, 0.2) is 23.0 Å². The molecule has 0 atom stereocenters. The van der Waals surface area contributed by atoms with Crippen molar-refractivity contribution in [2.24, 2.45) is 0 Å². The van der Waals surface area contributed by atoms with E-state index in [1.165, 1.54) is 11.1 Å². The van der Waals surface area contributed by atoms with Gasteiger partial charge in [0.1, 0.15) is 26.4 Å². The van der Waals surface area contributed by atoms with Gasteiger partial charge in [-0.3, -0.25) is 0 Å². The van der Waals surface area contributed by atoms with E-state index in [2.05, 4.69) is 139 Å². The molecule has 0 amide bonds. The molecule has 4 heterocycles. The molecule has 0 saturated heterocycles. The van der Waals surface area contributed by atoms with Crippen LogP contribution in [0.5, 0.6) is 23.0 Å². The molecule has 0 fully saturated rings. The number of thiophene rings is 2. The Balaban J connectivity index is 1.06. The minimum absolute atomic E-state index is 0.107. The van der Waals surface area contributed by atoms with E-state index in [-0.39, 0.29) is 10.8 Å². The topological polar surface area (TPSA) is 36.9 Å². The highest BCUT2D eigenvalue weighted by atomic mass is 32.1.